The third kappa shape index (κ3) is 6.22. The maximum atomic E-state index is 12.3. The standard InChI is InChI=1S/C21H27BrN2O4/c1-4-15(12-25)23-11-17-18(22)9-10-19(27-3)21(17)28-13-20(26)24-16-7-5-14(2)6-8-16/h5-10,15,23,25H,4,11-13H2,1-3H3,(H,24,26). The molecule has 0 aliphatic heterocycles. The Hall–Kier alpha value is -2.09. The Morgan fingerprint density at radius 3 is 2.54 bits per heavy atom. The number of carbonyl (C=O) groups is 1. The van der Waals surface area contributed by atoms with Gasteiger partial charge in [0.05, 0.1) is 13.7 Å². The van der Waals surface area contributed by atoms with Crippen molar-refractivity contribution in [1.82, 2.24) is 5.32 Å². The molecule has 2 aromatic rings. The Balaban J connectivity index is 2.10. The van der Waals surface area contributed by atoms with E-state index in [1.54, 1.807) is 13.2 Å². The van der Waals surface area contributed by atoms with E-state index in [9.17, 15) is 9.90 Å². The summed E-state index contributed by atoms with van der Waals surface area (Å²) in [5.41, 5.74) is 2.67. The first-order valence-corrected chi connectivity index (χ1v) is 9.96. The van der Waals surface area contributed by atoms with E-state index in [0.29, 0.717) is 18.0 Å². The van der Waals surface area contributed by atoms with E-state index in [-0.39, 0.29) is 25.2 Å². The topological polar surface area (TPSA) is 79.8 Å². The van der Waals surface area contributed by atoms with Gasteiger partial charge in [-0.15, -0.1) is 0 Å². The average molecular weight is 451 g/mol. The molecule has 1 unspecified atom stereocenters. The zero-order valence-corrected chi connectivity index (χ0v) is 18.0. The van der Waals surface area contributed by atoms with Crippen LogP contribution < -0.4 is 20.1 Å². The highest BCUT2D eigenvalue weighted by Crippen LogP contribution is 2.36. The van der Waals surface area contributed by atoms with Crippen LogP contribution in [-0.4, -0.2) is 37.4 Å². The molecule has 1 amide bonds. The largest absolute Gasteiger partial charge is 0.493 e. The summed E-state index contributed by atoms with van der Waals surface area (Å²) in [6, 6.07) is 11.2. The van der Waals surface area contributed by atoms with Crippen LogP contribution in [0.15, 0.2) is 40.9 Å². The number of hydrogen-bond acceptors (Lipinski definition) is 5. The van der Waals surface area contributed by atoms with Crippen molar-refractivity contribution >= 4 is 27.5 Å². The third-order valence-corrected chi connectivity index (χ3v) is 5.09. The minimum absolute atomic E-state index is 0.0178. The fourth-order valence-electron chi connectivity index (χ4n) is 2.62. The maximum Gasteiger partial charge on any atom is 0.262 e. The summed E-state index contributed by atoms with van der Waals surface area (Å²) < 4.78 is 12.1. The first-order chi connectivity index (χ1) is 13.5. The molecule has 7 heteroatoms. The molecular formula is C21H27BrN2O4. The maximum absolute atomic E-state index is 12.3. The van der Waals surface area contributed by atoms with Crippen LogP contribution in [0.25, 0.3) is 0 Å². The smallest absolute Gasteiger partial charge is 0.262 e. The van der Waals surface area contributed by atoms with Crippen molar-refractivity contribution in [3.05, 3.63) is 52.0 Å². The van der Waals surface area contributed by atoms with Crippen LogP contribution >= 0.6 is 15.9 Å². The molecule has 2 aromatic carbocycles. The first-order valence-electron chi connectivity index (χ1n) is 9.17. The van der Waals surface area contributed by atoms with Crippen molar-refractivity contribution in [3.8, 4) is 11.5 Å². The van der Waals surface area contributed by atoms with E-state index in [1.807, 2.05) is 44.2 Å². The minimum Gasteiger partial charge on any atom is -0.493 e. The lowest BCUT2D eigenvalue weighted by atomic mass is 10.1. The molecule has 3 N–H and O–H groups in total. The molecule has 2 rings (SSSR count). The van der Waals surface area contributed by atoms with Crippen LogP contribution in [0, 0.1) is 6.92 Å². The SMILES string of the molecule is CCC(CO)NCc1c(Br)ccc(OC)c1OCC(=O)Nc1ccc(C)cc1. The normalized spacial score (nSPS) is 11.8. The van der Waals surface area contributed by atoms with Gasteiger partial charge in [0.1, 0.15) is 0 Å². The summed E-state index contributed by atoms with van der Waals surface area (Å²) in [4.78, 5) is 12.3. The number of benzene rings is 2. The van der Waals surface area contributed by atoms with Gasteiger partial charge in [0.2, 0.25) is 0 Å². The van der Waals surface area contributed by atoms with E-state index in [4.69, 9.17) is 9.47 Å². The molecule has 0 aliphatic rings. The predicted molar refractivity (Wildman–Crippen MR) is 114 cm³/mol. The Morgan fingerprint density at radius 2 is 1.93 bits per heavy atom. The van der Waals surface area contributed by atoms with Crippen LogP contribution in [0.2, 0.25) is 0 Å². The quantitative estimate of drug-likeness (QED) is 0.514. The van der Waals surface area contributed by atoms with E-state index < -0.39 is 0 Å². The lowest BCUT2D eigenvalue weighted by Gasteiger charge is -2.19. The molecule has 1 atom stereocenters. The molecular weight excluding hydrogens is 424 g/mol. The van der Waals surface area contributed by atoms with Gasteiger partial charge in [0.25, 0.3) is 5.91 Å². The summed E-state index contributed by atoms with van der Waals surface area (Å²) >= 11 is 3.53. The number of aliphatic hydroxyl groups is 1. The second kappa shape index (κ2) is 11.0. The number of aryl methyl sites for hydroxylation is 1. The molecule has 0 fully saturated rings. The van der Waals surface area contributed by atoms with Crippen LogP contribution in [-0.2, 0) is 11.3 Å². The zero-order valence-electron chi connectivity index (χ0n) is 16.4. The molecule has 0 radical (unpaired) electrons. The molecule has 28 heavy (non-hydrogen) atoms. The van der Waals surface area contributed by atoms with Gasteiger partial charge in [-0.05, 0) is 37.6 Å². The Bertz CT molecular complexity index is 777. The second-order valence-corrected chi connectivity index (χ2v) is 7.28. The Kier molecular flexibility index (Phi) is 8.76. The van der Waals surface area contributed by atoms with Gasteiger partial charge < -0.3 is 25.2 Å². The number of ether oxygens (including phenoxy) is 2. The molecule has 0 saturated carbocycles. The van der Waals surface area contributed by atoms with Crippen LogP contribution in [0.5, 0.6) is 11.5 Å². The van der Waals surface area contributed by atoms with Crippen LogP contribution in [0.1, 0.15) is 24.5 Å². The lowest BCUT2D eigenvalue weighted by molar-refractivity contribution is -0.118. The second-order valence-electron chi connectivity index (χ2n) is 6.43. The number of halogens is 1. The van der Waals surface area contributed by atoms with Gasteiger partial charge in [-0.1, -0.05) is 40.5 Å². The number of rotatable bonds is 10. The fraction of sp³-hybridized carbons (Fsp3) is 0.381. The fourth-order valence-corrected chi connectivity index (χ4v) is 3.07. The van der Waals surface area contributed by atoms with Crippen molar-refractivity contribution < 1.29 is 19.4 Å². The Morgan fingerprint density at radius 1 is 1.21 bits per heavy atom. The monoisotopic (exact) mass is 450 g/mol. The number of anilines is 1. The summed E-state index contributed by atoms with van der Waals surface area (Å²) in [7, 11) is 1.56. The molecule has 0 aromatic heterocycles. The molecule has 0 saturated heterocycles. The summed E-state index contributed by atoms with van der Waals surface area (Å²) in [6.45, 7) is 4.36. The highest BCUT2D eigenvalue weighted by Gasteiger charge is 2.17. The van der Waals surface area contributed by atoms with Crippen molar-refractivity contribution in [2.24, 2.45) is 0 Å². The van der Waals surface area contributed by atoms with E-state index in [1.165, 1.54) is 0 Å². The van der Waals surface area contributed by atoms with Crippen LogP contribution in [0.4, 0.5) is 5.69 Å². The van der Waals surface area contributed by atoms with Crippen molar-refractivity contribution in [2.45, 2.75) is 32.9 Å². The molecule has 0 bridgehead atoms. The summed E-state index contributed by atoms with van der Waals surface area (Å²) in [6.07, 6.45) is 0.799. The number of carbonyl (C=O) groups excluding carboxylic acids is 1. The van der Waals surface area contributed by atoms with Crippen LogP contribution in [0.3, 0.4) is 0 Å². The average Bonchev–Trinajstić information content (AvgIpc) is 2.70. The van der Waals surface area contributed by atoms with E-state index in [0.717, 1.165) is 27.7 Å². The molecule has 6 nitrogen and oxygen atoms in total. The first kappa shape index (κ1) is 22.2. The highest BCUT2D eigenvalue weighted by atomic mass is 79.9. The van der Waals surface area contributed by atoms with Crippen molar-refractivity contribution in [2.75, 3.05) is 25.6 Å². The van der Waals surface area contributed by atoms with Gasteiger partial charge in [-0.2, -0.15) is 0 Å². The molecule has 0 spiro atoms. The van der Waals surface area contributed by atoms with Gasteiger partial charge in [-0.25, -0.2) is 0 Å². The number of nitrogens with one attached hydrogen (secondary N) is 2. The molecule has 152 valence electrons. The number of methoxy groups -OCH3 is 1. The summed E-state index contributed by atoms with van der Waals surface area (Å²) in [5.74, 6) is 0.781. The number of hydrogen-bond donors (Lipinski definition) is 3. The van der Waals surface area contributed by atoms with Crippen molar-refractivity contribution in [3.63, 3.8) is 0 Å². The lowest BCUT2D eigenvalue weighted by Crippen LogP contribution is -2.31. The molecule has 0 heterocycles. The predicted octanol–water partition coefficient (Wildman–Crippen LogP) is 3.64. The van der Waals surface area contributed by atoms with E-state index >= 15 is 0 Å². The van der Waals surface area contributed by atoms with Gasteiger partial charge >= 0.3 is 0 Å². The van der Waals surface area contributed by atoms with E-state index in [2.05, 4.69) is 26.6 Å². The molecule has 0 aliphatic carbocycles. The zero-order chi connectivity index (χ0) is 20.5. The number of aliphatic hydroxyl groups excluding tert-OH is 1. The third-order valence-electron chi connectivity index (χ3n) is 4.35. The van der Waals surface area contributed by atoms with Gasteiger partial charge in [0, 0.05) is 28.3 Å². The van der Waals surface area contributed by atoms with Crippen molar-refractivity contribution in [1.29, 1.82) is 0 Å². The highest BCUT2D eigenvalue weighted by molar-refractivity contribution is 9.10. The Labute approximate surface area is 174 Å². The van der Waals surface area contributed by atoms with Gasteiger partial charge in [0.15, 0.2) is 18.1 Å². The minimum atomic E-state index is -0.258. The summed E-state index contributed by atoms with van der Waals surface area (Å²) in [5, 5.41) is 15.5. The van der Waals surface area contributed by atoms with Gasteiger partial charge in [-0.3, -0.25) is 4.79 Å². The number of amides is 1.